The molecule has 1 saturated carbocycles. The minimum atomic E-state index is -3.82. The number of hydrogen-bond donors (Lipinski definition) is 2. The van der Waals surface area contributed by atoms with Crippen LogP contribution in [-0.4, -0.2) is 31.1 Å². The maximum Gasteiger partial charge on any atom is 0.241 e. The summed E-state index contributed by atoms with van der Waals surface area (Å²) in [6.45, 7) is -0.436. The van der Waals surface area contributed by atoms with Gasteiger partial charge < -0.3 is 5.11 Å². The highest BCUT2D eigenvalue weighted by molar-refractivity contribution is 7.99. The van der Waals surface area contributed by atoms with Crippen LogP contribution in [0.2, 0.25) is 0 Å². The summed E-state index contributed by atoms with van der Waals surface area (Å²) in [6.07, 6.45) is 5.68. The Morgan fingerprint density at radius 2 is 2.19 bits per heavy atom. The third-order valence-corrected chi connectivity index (χ3v) is 6.47. The second-order valence-electron chi connectivity index (χ2n) is 5.25. The number of hydrogen-bond acceptors (Lipinski definition) is 4. The van der Waals surface area contributed by atoms with E-state index in [1.54, 1.807) is 11.8 Å². The SMILES string of the molecule is CSC1CCCC(NS(=O)(=O)c2cc(F)ccc2CO)C1. The molecule has 0 radical (unpaired) electrons. The molecule has 1 aliphatic carbocycles. The van der Waals surface area contributed by atoms with Crippen molar-refractivity contribution in [3.63, 3.8) is 0 Å². The smallest absolute Gasteiger partial charge is 0.241 e. The highest BCUT2D eigenvalue weighted by Gasteiger charge is 2.27. The van der Waals surface area contributed by atoms with Crippen molar-refractivity contribution in [1.82, 2.24) is 4.72 Å². The van der Waals surface area contributed by atoms with Crippen molar-refractivity contribution >= 4 is 21.8 Å². The molecule has 2 unspecified atom stereocenters. The fraction of sp³-hybridized carbons (Fsp3) is 0.571. The molecule has 118 valence electrons. The van der Waals surface area contributed by atoms with E-state index in [2.05, 4.69) is 4.72 Å². The Labute approximate surface area is 129 Å². The number of halogens is 1. The summed E-state index contributed by atoms with van der Waals surface area (Å²) in [6, 6.07) is 3.28. The van der Waals surface area contributed by atoms with Gasteiger partial charge in [-0.2, -0.15) is 11.8 Å². The van der Waals surface area contributed by atoms with Crippen molar-refractivity contribution in [1.29, 1.82) is 0 Å². The van der Waals surface area contributed by atoms with Crippen LogP contribution in [0.5, 0.6) is 0 Å². The molecule has 2 rings (SSSR count). The summed E-state index contributed by atoms with van der Waals surface area (Å²) in [5, 5.41) is 9.70. The summed E-state index contributed by atoms with van der Waals surface area (Å²) in [5.41, 5.74) is 0.209. The minimum Gasteiger partial charge on any atom is -0.392 e. The number of nitrogens with one attached hydrogen (secondary N) is 1. The van der Waals surface area contributed by atoms with Gasteiger partial charge in [-0.05, 0) is 43.2 Å². The van der Waals surface area contributed by atoms with Crippen LogP contribution in [0, 0.1) is 5.82 Å². The normalized spacial score (nSPS) is 23.2. The van der Waals surface area contributed by atoms with Gasteiger partial charge in [0.15, 0.2) is 0 Å². The van der Waals surface area contributed by atoms with Gasteiger partial charge in [-0.25, -0.2) is 17.5 Å². The Bertz CT molecular complexity index is 592. The van der Waals surface area contributed by atoms with Gasteiger partial charge in [-0.1, -0.05) is 12.5 Å². The van der Waals surface area contributed by atoms with E-state index in [1.807, 2.05) is 6.26 Å². The largest absolute Gasteiger partial charge is 0.392 e. The number of aliphatic hydroxyl groups is 1. The summed E-state index contributed by atoms with van der Waals surface area (Å²) < 4.78 is 40.9. The molecule has 1 fully saturated rings. The van der Waals surface area contributed by atoms with Crippen LogP contribution in [0.25, 0.3) is 0 Å². The van der Waals surface area contributed by atoms with E-state index < -0.39 is 22.4 Å². The predicted octanol–water partition coefficient (Wildman–Crippen LogP) is 2.27. The van der Waals surface area contributed by atoms with Crippen LogP contribution in [0.3, 0.4) is 0 Å². The first-order chi connectivity index (χ1) is 9.96. The van der Waals surface area contributed by atoms with E-state index in [4.69, 9.17) is 0 Å². The van der Waals surface area contributed by atoms with Crippen molar-refractivity contribution in [2.45, 2.75) is 48.5 Å². The molecule has 4 nitrogen and oxygen atoms in total. The molecule has 1 aromatic rings. The van der Waals surface area contributed by atoms with Gasteiger partial charge in [-0.3, -0.25) is 0 Å². The molecule has 0 bridgehead atoms. The van der Waals surface area contributed by atoms with Crippen LogP contribution in [0.4, 0.5) is 4.39 Å². The minimum absolute atomic E-state index is 0.129. The highest BCUT2D eigenvalue weighted by Crippen LogP contribution is 2.28. The molecule has 2 atom stereocenters. The lowest BCUT2D eigenvalue weighted by Crippen LogP contribution is -2.39. The second kappa shape index (κ2) is 7.09. The Morgan fingerprint density at radius 3 is 2.86 bits per heavy atom. The van der Waals surface area contributed by atoms with Gasteiger partial charge in [0.05, 0.1) is 11.5 Å². The topological polar surface area (TPSA) is 66.4 Å². The van der Waals surface area contributed by atoms with E-state index in [9.17, 15) is 17.9 Å². The average Bonchev–Trinajstić information content (AvgIpc) is 2.47. The fourth-order valence-electron chi connectivity index (χ4n) is 2.66. The summed E-state index contributed by atoms with van der Waals surface area (Å²) in [7, 11) is -3.82. The lowest BCUT2D eigenvalue weighted by molar-refractivity contribution is 0.278. The van der Waals surface area contributed by atoms with Gasteiger partial charge in [0.2, 0.25) is 10.0 Å². The molecule has 0 amide bonds. The summed E-state index contributed by atoms with van der Waals surface area (Å²) >= 11 is 1.75. The molecule has 0 spiro atoms. The third-order valence-electron chi connectivity index (χ3n) is 3.77. The molecule has 1 aliphatic rings. The van der Waals surface area contributed by atoms with Gasteiger partial charge in [-0.15, -0.1) is 0 Å². The molecular weight excluding hydrogens is 313 g/mol. The Kier molecular flexibility index (Phi) is 5.65. The highest BCUT2D eigenvalue weighted by atomic mass is 32.2. The van der Waals surface area contributed by atoms with Gasteiger partial charge in [0, 0.05) is 11.3 Å². The number of sulfonamides is 1. The van der Waals surface area contributed by atoms with Crippen LogP contribution in [0.1, 0.15) is 31.2 Å². The van der Waals surface area contributed by atoms with Crippen molar-refractivity contribution in [2.24, 2.45) is 0 Å². The van der Waals surface area contributed by atoms with Crippen LogP contribution >= 0.6 is 11.8 Å². The van der Waals surface area contributed by atoms with Gasteiger partial charge in [0.1, 0.15) is 5.82 Å². The standard InChI is InChI=1S/C14H20FNO3S2/c1-20-13-4-2-3-12(8-13)16-21(18,19)14-7-11(15)6-5-10(14)9-17/h5-7,12-13,16-17H,2-4,8-9H2,1H3. The van der Waals surface area contributed by atoms with Gasteiger partial charge >= 0.3 is 0 Å². The average molecular weight is 333 g/mol. The summed E-state index contributed by atoms with van der Waals surface area (Å²) in [5.74, 6) is -0.627. The monoisotopic (exact) mass is 333 g/mol. The Hall–Kier alpha value is -0.630. The first-order valence-electron chi connectivity index (χ1n) is 6.90. The molecule has 2 N–H and O–H groups in total. The molecular formula is C14H20FNO3S2. The summed E-state index contributed by atoms with van der Waals surface area (Å²) in [4.78, 5) is -0.170. The van der Waals surface area contributed by atoms with E-state index in [-0.39, 0.29) is 16.5 Å². The zero-order valence-electron chi connectivity index (χ0n) is 11.9. The molecule has 7 heteroatoms. The fourth-order valence-corrected chi connectivity index (χ4v) is 5.01. The van der Waals surface area contributed by atoms with Crippen LogP contribution in [-0.2, 0) is 16.6 Å². The van der Waals surface area contributed by atoms with Crippen molar-refractivity contribution in [2.75, 3.05) is 6.26 Å². The van der Waals surface area contributed by atoms with Crippen LogP contribution < -0.4 is 4.72 Å². The maximum atomic E-state index is 13.3. The Balaban J connectivity index is 2.20. The molecule has 21 heavy (non-hydrogen) atoms. The van der Waals surface area contributed by atoms with E-state index in [0.29, 0.717) is 5.25 Å². The first-order valence-corrected chi connectivity index (χ1v) is 9.68. The predicted molar refractivity (Wildman–Crippen MR) is 82.2 cm³/mol. The zero-order valence-corrected chi connectivity index (χ0v) is 13.5. The van der Waals surface area contributed by atoms with Crippen LogP contribution in [0.15, 0.2) is 23.1 Å². The van der Waals surface area contributed by atoms with E-state index in [1.165, 1.54) is 6.07 Å². The van der Waals surface area contributed by atoms with E-state index in [0.717, 1.165) is 37.8 Å². The first kappa shape index (κ1) is 16.7. The number of benzene rings is 1. The van der Waals surface area contributed by atoms with Crippen molar-refractivity contribution < 1.29 is 17.9 Å². The lowest BCUT2D eigenvalue weighted by atomic mass is 9.96. The van der Waals surface area contributed by atoms with Crippen molar-refractivity contribution in [3.05, 3.63) is 29.6 Å². The van der Waals surface area contributed by atoms with Crippen molar-refractivity contribution in [3.8, 4) is 0 Å². The second-order valence-corrected chi connectivity index (χ2v) is 8.07. The Morgan fingerprint density at radius 1 is 1.43 bits per heavy atom. The number of thioether (sulfide) groups is 1. The molecule has 1 aromatic carbocycles. The number of rotatable bonds is 5. The molecule has 0 saturated heterocycles. The number of aliphatic hydroxyl groups excluding tert-OH is 1. The van der Waals surface area contributed by atoms with E-state index >= 15 is 0 Å². The maximum absolute atomic E-state index is 13.3. The zero-order chi connectivity index (χ0) is 15.5. The molecule has 0 aromatic heterocycles. The lowest BCUT2D eigenvalue weighted by Gasteiger charge is -2.28. The third kappa shape index (κ3) is 4.18. The van der Waals surface area contributed by atoms with Gasteiger partial charge in [0.25, 0.3) is 0 Å². The molecule has 0 aliphatic heterocycles. The quantitative estimate of drug-likeness (QED) is 0.867. The molecule has 0 heterocycles.